The summed E-state index contributed by atoms with van der Waals surface area (Å²) < 4.78 is 0. The first-order valence-electron chi connectivity index (χ1n) is 4.42. The summed E-state index contributed by atoms with van der Waals surface area (Å²) in [4.78, 5) is 0. The van der Waals surface area contributed by atoms with Crippen LogP contribution in [-0.2, 0) is 0 Å². The normalized spacial score (nSPS) is 33.8. The Morgan fingerprint density at radius 3 is 2.09 bits per heavy atom. The van der Waals surface area contributed by atoms with Crippen LogP contribution in [-0.4, -0.2) is 21.9 Å². The summed E-state index contributed by atoms with van der Waals surface area (Å²) in [6.07, 6.45) is 3.78. The molecule has 0 amide bonds. The van der Waals surface area contributed by atoms with Crippen LogP contribution < -0.4 is 0 Å². The second-order valence-electron chi connectivity index (χ2n) is 4.11. The van der Waals surface area contributed by atoms with E-state index in [2.05, 4.69) is 0 Å². The van der Waals surface area contributed by atoms with Crippen LogP contribution in [0.1, 0.15) is 39.5 Å². The van der Waals surface area contributed by atoms with Crippen LogP contribution >= 0.6 is 0 Å². The molecule has 0 saturated heterocycles. The summed E-state index contributed by atoms with van der Waals surface area (Å²) in [5, 5.41) is 19.2. The van der Waals surface area contributed by atoms with Gasteiger partial charge < -0.3 is 10.2 Å². The van der Waals surface area contributed by atoms with E-state index in [-0.39, 0.29) is 12.0 Å². The minimum Gasteiger partial charge on any atom is -0.393 e. The summed E-state index contributed by atoms with van der Waals surface area (Å²) in [5.74, 6) is 0.0799. The Balaban J connectivity index is 2.55. The van der Waals surface area contributed by atoms with E-state index in [1.807, 2.05) is 0 Å². The Hall–Kier alpha value is -0.0800. The van der Waals surface area contributed by atoms with E-state index in [4.69, 9.17) is 0 Å². The second kappa shape index (κ2) is 3.11. The summed E-state index contributed by atoms with van der Waals surface area (Å²) in [6.45, 7) is 3.57. The highest BCUT2D eigenvalue weighted by molar-refractivity contribution is 4.85. The lowest BCUT2D eigenvalue weighted by molar-refractivity contribution is -0.0645. The molecule has 0 radical (unpaired) electrons. The maximum atomic E-state index is 9.65. The van der Waals surface area contributed by atoms with Crippen molar-refractivity contribution >= 4 is 0 Å². The van der Waals surface area contributed by atoms with Crippen LogP contribution in [0.25, 0.3) is 0 Å². The largest absolute Gasteiger partial charge is 0.393 e. The van der Waals surface area contributed by atoms with Crippen molar-refractivity contribution in [1.29, 1.82) is 0 Å². The van der Waals surface area contributed by atoms with E-state index in [1.165, 1.54) is 0 Å². The van der Waals surface area contributed by atoms with Crippen molar-refractivity contribution in [1.82, 2.24) is 0 Å². The third-order valence-corrected chi connectivity index (χ3v) is 2.64. The number of hydrogen-bond donors (Lipinski definition) is 2. The fourth-order valence-corrected chi connectivity index (χ4v) is 1.94. The molecule has 1 aliphatic carbocycles. The van der Waals surface area contributed by atoms with Crippen molar-refractivity contribution < 1.29 is 10.2 Å². The SMILES string of the molecule is CC(C)(O)C1CCCCC1O. The summed E-state index contributed by atoms with van der Waals surface area (Å²) in [6, 6.07) is 0. The van der Waals surface area contributed by atoms with E-state index < -0.39 is 5.60 Å². The van der Waals surface area contributed by atoms with Gasteiger partial charge in [0.25, 0.3) is 0 Å². The summed E-state index contributed by atoms with van der Waals surface area (Å²) >= 11 is 0. The van der Waals surface area contributed by atoms with Gasteiger partial charge in [-0.05, 0) is 26.7 Å². The molecule has 0 bridgehead atoms. The van der Waals surface area contributed by atoms with Crippen LogP contribution in [0.3, 0.4) is 0 Å². The van der Waals surface area contributed by atoms with Gasteiger partial charge in [-0.15, -0.1) is 0 Å². The molecule has 2 nitrogen and oxygen atoms in total. The van der Waals surface area contributed by atoms with Crippen LogP contribution in [0.4, 0.5) is 0 Å². The predicted octanol–water partition coefficient (Wildman–Crippen LogP) is 1.31. The summed E-state index contributed by atoms with van der Waals surface area (Å²) in [5.41, 5.74) is -0.708. The average molecular weight is 158 g/mol. The van der Waals surface area contributed by atoms with Crippen molar-refractivity contribution in [2.75, 3.05) is 0 Å². The van der Waals surface area contributed by atoms with Gasteiger partial charge in [0.15, 0.2) is 0 Å². The lowest BCUT2D eigenvalue weighted by Crippen LogP contribution is -2.41. The predicted molar refractivity (Wildman–Crippen MR) is 44.3 cm³/mol. The topological polar surface area (TPSA) is 40.5 Å². The lowest BCUT2D eigenvalue weighted by Gasteiger charge is -2.36. The number of rotatable bonds is 1. The third kappa shape index (κ3) is 2.17. The van der Waals surface area contributed by atoms with Gasteiger partial charge in [-0.3, -0.25) is 0 Å². The Labute approximate surface area is 68.2 Å². The molecule has 0 heterocycles. The molecule has 66 valence electrons. The first-order valence-corrected chi connectivity index (χ1v) is 4.42. The van der Waals surface area contributed by atoms with E-state index >= 15 is 0 Å². The molecule has 0 aromatic heterocycles. The van der Waals surface area contributed by atoms with E-state index in [1.54, 1.807) is 13.8 Å². The van der Waals surface area contributed by atoms with Gasteiger partial charge in [0.2, 0.25) is 0 Å². The number of aliphatic hydroxyl groups excluding tert-OH is 1. The van der Waals surface area contributed by atoms with Gasteiger partial charge in [-0.2, -0.15) is 0 Å². The molecule has 0 aromatic carbocycles. The average Bonchev–Trinajstić information content (AvgIpc) is 1.86. The van der Waals surface area contributed by atoms with E-state index in [0.29, 0.717) is 0 Å². The highest BCUT2D eigenvalue weighted by Gasteiger charge is 2.34. The van der Waals surface area contributed by atoms with Crippen LogP contribution in [0, 0.1) is 5.92 Å². The maximum absolute atomic E-state index is 9.65. The second-order valence-corrected chi connectivity index (χ2v) is 4.11. The number of aliphatic hydroxyl groups is 2. The van der Waals surface area contributed by atoms with Crippen LogP contribution in [0.2, 0.25) is 0 Å². The van der Waals surface area contributed by atoms with Crippen molar-refractivity contribution in [3.8, 4) is 0 Å². The molecule has 0 aromatic rings. The fourth-order valence-electron chi connectivity index (χ4n) is 1.94. The Bertz CT molecular complexity index is 126. The van der Waals surface area contributed by atoms with E-state index in [9.17, 15) is 10.2 Å². The Morgan fingerprint density at radius 1 is 1.18 bits per heavy atom. The minimum atomic E-state index is -0.708. The molecular weight excluding hydrogens is 140 g/mol. The molecule has 2 atom stereocenters. The van der Waals surface area contributed by atoms with Crippen molar-refractivity contribution in [2.45, 2.75) is 51.2 Å². The zero-order chi connectivity index (χ0) is 8.48. The quantitative estimate of drug-likeness (QED) is 0.604. The fraction of sp³-hybridized carbons (Fsp3) is 1.00. The lowest BCUT2D eigenvalue weighted by atomic mass is 9.77. The smallest absolute Gasteiger partial charge is 0.0644 e. The maximum Gasteiger partial charge on any atom is 0.0644 e. The zero-order valence-corrected chi connectivity index (χ0v) is 7.38. The van der Waals surface area contributed by atoms with Gasteiger partial charge in [0.1, 0.15) is 0 Å². The minimum absolute atomic E-state index is 0.0799. The molecule has 2 unspecified atom stereocenters. The molecule has 0 aliphatic heterocycles. The Morgan fingerprint density at radius 2 is 1.73 bits per heavy atom. The van der Waals surface area contributed by atoms with Crippen LogP contribution in [0.5, 0.6) is 0 Å². The highest BCUT2D eigenvalue weighted by atomic mass is 16.3. The van der Waals surface area contributed by atoms with Crippen LogP contribution in [0.15, 0.2) is 0 Å². The molecule has 1 fully saturated rings. The van der Waals surface area contributed by atoms with E-state index in [0.717, 1.165) is 25.7 Å². The molecule has 0 spiro atoms. The van der Waals surface area contributed by atoms with Gasteiger partial charge in [0, 0.05) is 5.92 Å². The van der Waals surface area contributed by atoms with Gasteiger partial charge >= 0.3 is 0 Å². The summed E-state index contributed by atoms with van der Waals surface area (Å²) in [7, 11) is 0. The molecule has 2 N–H and O–H groups in total. The first kappa shape index (κ1) is 9.01. The van der Waals surface area contributed by atoms with Gasteiger partial charge in [-0.25, -0.2) is 0 Å². The molecule has 11 heavy (non-hydrogen) atoms. The molecule has 2 heteroatoms. The van der Waals surface area contributed by atoms with Crippen molar-refractivity contribution in [3.05, 3.63) is 0 Å². The first-order chi connectivity index (χ1) is 5.02. The number of hydrogen-bond acceptors (Lipinski definition) is 2. The molecule has 1 rings (SSSR count). The zero-order valence-electron chi connectivity index (χ0n) is 7.38. The van der Waals surface area contributed by atoms with Gasteiger partial charge in [-0.1, -0.05) is 12.8 Å². The molecular formula is C9H18O2. The Kier molecular flexibility index (Phi) is 2.55. The molecule has 1 saturated carbocycles. The standard InChI is InChI=1S/C9H18O2/c1-9(2,11)7-5-3-4-6-8(7)10/h7-8,10-11H,3-6H2,1-2H3. The van der Waals surface area contributed by atoms with Gasteiger partial charge in [0.05, 0.1) is 11.7 Å². The monoisotopic (exact) mass is 158 g/mol. The molecule has 1 aliphatic rings. The van der Waals surface area contributed by atoms with Crippen molar-refractivity contribution in [2.24, 2.45) is 5.92 Å². The van der Waals surface area contributed by atoms with Crippen molar-refractivity contribution in [3.63, 3.8) is 0 Å². The highest BCUT2D eigenvalue weighted by Crippen LogP contribution is 2.32. The third-order valence-electron chi connectivity index (χ3n) is 2.64.